The first kappa shape index (κ1) is 13.7. The van der Waals surface area contributed by atoms with E-state index in [1.807, 2.05) is 5.01 Å². The number of rotatable bonds is 5. The van der Waals surface area contributed by atoms with Gasteiger partial charge >= 0.3 is 6.16 Å². The lowest BCUT2D eigenvalue weighted by Crippen LogP contribution is -2.53. The maximum atomic E-state index is 11.2. The fraction of sp³-hybridized carbons (Fsp3) is 0.900. The normalized spacial score (nSPS) is 16.3. The largest absolute Gasteiger partial charge is 0.511 e. The second-order valence-electron chi connectivity index (χ2n) is 5.35. The molecule has 2 heterocycles. The molecule has 0 amide bonds. The highest BCUT2D eigenvalue weighted by Crippen LogP contribution is 2.15. The van der Waals surface area contributed by atoms with Crippen LogP contribution < -0.4 is 9.85 Å². The number of aromatic nitrogens is 2. The molecule has 0 aromatic carbocycles. The second-order valence-corrected chi connectivity index (χ2v) is 5.35. The van der Waals surface area contributed by atoms with Crippen LogP contribution in [0.3, 0.4) is 0 Å². The van der Waals surface area contributed by atoms with Gasteiger partial charge in [0.2, 0.25) is 0 Å². The van der Waals surface area contributed by atoms with E-state index in [0.29, 0.717) is 13.1 Å². The van der Waals surface area contributed by atoms with Crippen LogP contribution in [-0.4, -0.2) is 53.3 Å². The standard InChI is InChI=1S/C10H19N3O6/c1-10(2,3)18-9(15)16-7-17-13-12(19-13)11-4-8(5-11)6-14/h8,14H,4-7H2,1-3H3. The van der Waals surface area contributed by atoms with Gasteiger partial charge in [0.05, 0.1) is 0 Å². The molecule has 1 aliphatic rings. The van der Waals surface area contributed by atoms with Crippen molar-refractivity contribution in [3.63, 3.8) is 0 Å². The summed E-state index contributed by atoms with van der Waals surface area (Å²) in [6.07, 6.45) is -0.801. The predicted molar refractivity (Wildman–Crippen MR) is 62.0 cm³/mol. The molecule has 2 rings (SSSR count). The minimum atomic E-state index is -0.801. The summed E-state index contributed by atoms with van der Waals surface area (Å²) in [4.78, 5) is 17.6. The molecule has 0 bridgehead atoms. The lowest BCUT2D eigenvalue weighted by atomic mass is 10.0. The van der Waals surface area contributed by atoms with E-state index in [1.54, 1.807) is 20.8 Å². The summed E-state index contributed by atoms with van der Waals surface area (Å²) in [5.74, 6) is 0.268. The maximum absolute atomic E-state index is 11.2. The minimum absolute atomic E-state index is 0.160. The minimum Gasteiger partial charge on any atom is -0.428 e. The van der Waals surface area contributed by atoms with Crippen LogP contribution >= 0.6 is 0 Å². The summed E-state index contributed by atoms with van der Waals surface area (Å²) < 4.78 is 14.6. The Morgan fingerprint density at radius 3 is 2.68 bits per heavy atom. The van der Waals surface area contributed by atoms with Crippen molar-refractivity contribution in [2.75, 3.05) is 31.5 Å². The molecule has 9 heteroatoms. The summed E-state index contributed by atoms with van der Waals surface area (Å²) in [6.45, 7) is 6.48. The summed E-state index contributed by atoms with van der Waals surface area (Å²) in [7, 11) is 0. The summed E-state index contributed by atoms with van der Waals surface area (Å²) in [5, 5.41) is 11.8. The predicted octanol–water partition coefficient (Wildman–Crippen LogP) is -0.219. The van der Waals surface area contributed by atoms with Crippen LogP contribution in [0.2, 0.25) is 0 Å². The molecule has 1 aromatic rings. The van der Waals surface area contributed by atoms with Gasteiger partial charge in [-0.3, -0.25) is 5.01 Å². The van der Waals surface area contributed by atoms with E-state index in [2.05, 4.69) is 0 Å². The molecule has 1 N–H and O–H groups in total. The Bertz CT molecular complexity index is 408. The summed E-state index contributed by atoms with van der Waals surface area (Å²) in [6, 6.07) is 0. The molecule has 1 aromatic heterocycles. The van der Waals surface area contributed by atoms with Crippen LogP contribution in [-0.2, 0) is 9.47 Å². The molecular weight excluding hydrogens is 258 g/mol. The quantitative estimate of drug-likeness (QED) is 0.587. The number of aliphatic hydroxyl groups excluding tert-OH is 1. The molecule has 19 heavy (non-hydrogen) atoms. The number of aliphatic hydroxyl groups is 1. The first-order valence-corrected chi connectivity index (χ1v) is 6.01. The highest BCUT2D eigenvalue weighted by atomic mass is 17.0. The van der Waals surface area contributed by atoms with Gasteiger partial charge in [0.25, 0.3) is 6.79 Å². The van der Waals surface area contributed by atoms with Crippen LogP contribution in [0.5, 0.6) is 0 Å². The molecule has 1 aliphatic heterocycles. The number of nitrogens with zero attached hydrogens (tertiary/aromatic N) is 3. The molecule has 110 valence electrons. The van der Waals surface area contributed by atoms with Gasteiger partial charge in [-0.25, -0.2) is 4.79 Å². The average molecular weight is 277 g/mol. The molecule has 0 saturated carbocycles. The molecular formula is C10H19N3O6. The second kappa shape index (κ2) is 5.08. The zero-order valence-electron chi connectivity index (χ0n) is 11.2. The van der Waals surface area contributed by atoms with Crippen molar-refractivity contribution in [3.8, 4) is 0 Å². The fourth-order valence-corrected chi connectivity index (χ4v) is 1.47. The van der Waals surface area contributed by atoms with Crippen molar-refractivity contribution >= 4 is 6.16 Å². The van der Waals surface area contributed by atoms with Gasteiger partial charge in [-0.1, -0.05) is 0 Å². The van der Waals surface area contributed by atoms with E-state index in [1.165, 1.54) is 4.96 Å². The van der Waals surface area contributed by atoms with Crippen molar-refractivity contribution in [3.05, 3.63) is 0 Å². The zero-order chi connectivity index (χ0) is 14.0. The Labute approximate surface area is 110 Å². The van der Waals surface area contributed by atoms with Gasteiger partial charge in [0, 0.05) is 30.6 Å². The number of hydrogen-bond acceptors (Lipinski definition) is 7. The van der Waals surface area contributed by atoms with E-state index in [0.717, 1.165) is 5.02 Å². The summed E-state index contributed by atoms with van der Waals surface area (Å²) >= 11 is 0. The Morgan fingerprint density at radius 1 is 1.42 bits per heavy atom. The highest BCUT2D eigenvalue weighted by molar-refractivity contribution is 5.60. The lowest BCUT2D eigenvalue weighted by Gasteiger charge is -2.34. The van der Waals surface area contributed by atoms with Gasteiger partial charge in [0.15, 0.2) is 0 Å². The number of ether oxygens (including phenoxy) is 2. The average Bonchev–Trinajstić information content (AvgIpc) is 2.93. The van der Waals surface area contributed by atoms with Crippen LogP contribution in [0.15, 0.2) is 4.63 Å². The molecule has 9 nitrogen and oxygen atoms in total. The molecule has 1 saturated heterocycles. The molecule has 0 unspecified atom stereocenters. The summed E-state index contributed by atoms with van der Waals surface area (Å²) in [5.41, 5.74) is -0.601. The van der Waals surface area contributed by atoms with Crippen molar-refractivity contribution in [1.82, 2.24) is 9.98 Å². The highest BCUT2D eigenvalue weighted by Gasteiger charge is 2.33. The third kappa shape index (κ3) is 3.85. The Morgan fingerprint density at radius 2 is 2.11 bits per heavy atom. The molecule has 0 atom stereocenters. The first-order valence-electron chi connectivity index (χ1n) is 6.01. The van der Waals surface area contributed by atoms with Crippen LogP contribution in [0.4, 0.5) is 4.79 Å². The molecule has 0 aliphatic carbocycles. The number of carbonyl (C=O) groups excluding carboxylic acids is 1. The zero-order valence-corrected chi connectivity index (χ0v) is 11.2. The molecule has 1 fully saturated rings. The van der Waals surface area contributed by atoms with E-state index < -0.39 is 11.8 Å². The Kier molecular flexibility index (Phi) is 3.65. The van der Waals surface area contributed by atoms with E-state index in [-0.39, 0.29) is 19.3 Å². The smallest absolute Gasteiger partial charge is 0.428 e. The first-order chi connectivity index (χ1) is 8.89. The van der Waals surface area contributed by atoms with Crippen molar-refractivity contribution < 1.29 is 28.8 Å². The maximum Gasteiger partial charge on any atom is 0.511 e. The van der Waals surface area contributed by atoms with Gasteiger partial charge in [0.1, 0.15) is 10.6 Å². The van der Waals surface area contributed by atoms with Crippen molar-refractivity contribution in [2.45, 2.75) is 26.4 Å². The van der Waals surface area contributed by atoms with Gasteiger partial charge in [-0.05, 0) is 20.8 Å². The van der Waals surface area contributed by atoms with E-state index in [4.69, 9.17) is 24.0 Å². The monoisotopic (exact) mass is 277 g/mol. The Balaban J connectivity index is 1.59. The van der Waals surface area contributed by atoms with Crippen molar-refractivity contribution in [2.24, 2.45) is 5.92 Å². The van der Waals surface area contributed by atoms with Gasteiger partial charge in [-0.2, -0.15) is 4.63 Å². The van der Waals surface area contributed by atoms with Crippen LogP contribution in [0, 0.1) is 5.92 Å². The van der Waals surface area contributed by atoms with Crippen LogP contribution in [0.25, 0.3) is 0 Å². The number of carbonyl (C=O) groups is 1. The fourth-order valence-electron chi connectivity index (χ4n) is 1.47. The third-order valence-electron chi connectivity index (χ3n) is 2.43. The molecule has 0 radical (unpaired) electrons. The lowest BCUT2D eigenvalue weighted by molar-refractivity contribution is -0.0871. The van der Waals surface area contributed by atoms with Crippen LogP contribution in [0.1, 0.15) is 20.8 Å². The van der Waals surface area contributed by atoms with Gasteiger partial charge in [-0.15, -0.1) is 0 Å². The van der Waals surface area contributed by atoms with Gasteiger partial charge < -0.3 is 19.4 Å². The topological polar surface area (TPSA) is 91.2 Å². The van der Waals surface area contributed by atoms with E-state index in [9.17, 15) is 4.79 Å². The number of hydrogen-bond donors (Lipinski definition) is 1. The van der Waals surface area contributed by atoms with Crippen molar-refractivity contribution in [1.29, 1.82) is 0 Å². The third-order valence-corrected chi connectivity index (χ3v) is 2.43. The molecule has 0 spiro atoms. The SMILES string of the molecule is CC(C)(C)OC(=O)OCOn1on1N1CC(CO)C1. The Hall–Kier alpha value is -1.77. The van der Waals surface area contributed by atoms with E-state index >= 15 is 0 Å².